The van der Waals surface area contributed by atoms with Crippen LogP contribution in [-0.2, 0) is 10.0 Å². The number of nitro benzene ring substituents is 1. The van der Waals surface area contributed by atoms with Gasteiger partial charge in [0, 0.05) is 12.6 Å². The Hall–Kier alpha value is -2.20. The van der Waals surface area contributed by atoms with Crippen molar-refractivity contribution >= 4 is 27.3 Å². The molecular weight excluding hydrogens is 288 g/mol. The predicted molar refractivity (Wildman–Crippen MR) is 72.7 cm³/mol. The van der Waals surface area contributed by atoms with Crippen molar-refractivity contribution in [2.24, 2.45) is 0 Å². The first kappa shape index (κ1) is 15.9. The Balaban J connectivity index is 2.79. The number of nitrogens with zero attached hydrogens (tertiary/aromatic N) is 1. The highest BCUT2D eigenvalue weighted by Crippen LogP contribution is 2.24. The molecule has 20 heavy (non-hydrogen) atoms. The van der Waals surface area contributed by atoms with E-state index in [9.17, 15) is 23.3 Å². The van der Waals surface area contributed by atoms with Crippen LogP contribution in [0.4, 0.5) is 11.4 Å². The molecular formula is C10H14N4O5S. The van der Waals surface area contributed by atoms with Crippen LogP contribution in [0.5, 0.6) is 0 Å². The maximum atomic E-state index is 11.8. The number of nitrogen functional groups attached to an aromatic ring is 1. The minimum atomic E-state index is -3.43. The van der Waals surface area contributed by atoms with Gasteiger partial charge < -0.3 is 11.1 Å². The number of amides is 1. The highest BCUT2D eigenvalue weighted by Gasteiger charge is 2.19. The molecule has 0 aliphatic carbocycles. The van der Waals surface area contributed by atoms with Gasteiger partial charge in [0.1, 0.15) is 5.69 Å². The summed E-state index contributed by atoms with van der Waals surface area (Å²) in [5, 5.41) is 13.0. The number of sulfonamides is 1. The SMILES string of the molecule is CNS(=O)(=O)CCNC(=O)c1cccc([N+](=O)[O-])c1N. The van der Waals surface area contributed by atoms with Crippen LogP contribution in [0, 0.1) is 10.1 Å². The average Bonchev–Trinajstić information content (AvgIpc) is 2.38. The molecule has 4 N–H and O–H groups in total. The first-order valence-corrected chi connectivity index (χ1v) is 7.16. The van der Waals surface area contributed by atoms with E-state index in [1.165, 1.54) is 25.2 Å². The maximum absolute atomic E-state index is 11.8. The number of nitrogens with two attached hydrogens (primary N) is 1. The summed E-state index contributed by atoms with van der Waals surface area (Å²) < 4.78 is 24.4. The van der Waals surface area contributed by atoms with Gasteiger partial charge in [-0.25, -0.2) is 13.1 Å². The van der Waals surface area contributed by atoms with E-state index in [0.717, 1.165) is 0 Å². The van der Waals surface area contributed by atoms with E-state index in [2.05, 4.69) is 10.0 Å². The first-order chi connectivity index (χ1) is 9.28. The van der Waals surface area contributed by atoms with Crippen LogP contribution >= 0.6 is 0 Å². The van der Waals surface area contributed by atoms with Gasteiger partial charge in [0.2, 0.25) is 10.0 Å². The number of carbonyl (C=O) groups excluding carboxylic acids is 1. The number of para-hydroxylation sites is 1. The summed E-state index contributed by atoms with van der Waals surface area (Å²) in [6.45, 7) is -0.135. The topological polar surface area (TPSA) is 144 Å². The lowest BCUT2D eigenvalue weighted by atomic mass is 10.1. The van der Waals surface area contributed by atoms with Crippen molar-refractivity contribution in [3.05, 3.63) is 33.9 Å². The van der Waals surface area contributed by atoms with Gasteiger partial charge in [0.25, 0.3) is 11.6 Å². The quantitative estimate of drug-likeness (QED) is 0.365. The van der Waals surface area contributed by atoms with Gasteiger partial charge in [-0.1, -0.05) is 6.07 Å². The van der Waals surface area contributed by atoms with Crippen LogP contribution in [0.25, 0.3) is 0 Å². The Kier molecular flexibility index (Phi) is 5.00. The van der Waals surface area contributed by atoms with Crippen molar-refractivity contribution in [3.8, 4) is 0 Å². The molecule has 1 aromatic carbocycles. The molecule has 1 aromatic rings. The first-order valence-electron chi connectivity index (χ1n) is 5.51. The van der Waals surface area contributed by atoms with Crippen LogP contribution in [-0.4, -0.2) is 38.6 Å². The second kappa shape index (κ2) is 6.30. The van der Waals surface area contributed by atoms with Gasteiger partial charge in [-0.15, -0.1) is 0 Å². The van der Waals surface area contributed by atoms with Crippen molar-refractivity contribution in [1.82, 2.24) is 10.0 Å². The molecule has 1 rings (SSSR count). The third-order valence-corrected chi connectivity index (χ3v) is 3.86. The number of hydrogen-bond donors (Lipinski definition) is 3. The molecule has 0 atom stereocenters. The number of benzene rings is 1. The fourth-order valence-corrected chi connectivity index (χ4v) is 1.98. The molecule has 0 aliphatic rings. The Morgan fingerprint density at radius 1 is 1.45 bits per heavy atom. The van der Waals surface area contributed by atoms with Crippen LogP contribution in [0.15, 0.2) is 18.2 Å². The summed E-state index contributed by atoms with van der Waals surface area (Å²) in [6, 6.07) is 3.83. The molecule has 0 saturated carbocycles. The third-order valence-electron chi connectivity index (χ3n) is 2.49. The number of nitro groups is 1. The second-order valence-corrected chi connectivity index (χ2v) is 5.82. The number of carbonyl (C=O) groups is 1. The standard InChI is InChI=1S/C10H14N4O5S/c1-12-20(18,19)6-5-13-10(15)7-3-2-4-8(9(7)11)14(16)17/h2-4,12H,5-6,11H2,1H3,(H,13,15). The van der Waals surface area contributed by atoms with Crippen molar-refractivity contribution < 1.29 is 18.1 Å². The van der Waals surface area contributed by atoms with Crippen LogP contribution < -0.4 is 15.8 Å². The summed E-state index contributed by atoms with van der Waals surface area (Å²) in [5.74, 6) is -0.970. The van der Waals surface area contributed by atoms with E-state index < -0.39 is 20.9 Å². The Labute approximate surface area is 115 Å². The number of hydrogen-bond acceptors (Lipinski definition) is 6. The smallest absolute Gasteiger partial charge is 0.292 e. The van der Waals surface area contributed by atoms with Crippen LogP contribution in [0.1, 0.15) is 10.4 Å². The Bertz CT molecular complexity index is 629. The molecule has 0 bridgehead atoms. The van der Waals surface area contributed by atoms with Gasteiger partial charge in [0.05, 0.1) is 16.2 Å². The molecule has 0 aliphatic heterocycles. The van der Waals surface area contributed by atoms with E-state index in [-0.39, 0.29) is 29.2 Å². The zero-order valence-corrected chi connectivity index (χ0v) is 11.4. The predicted octanol–water partition coefficient (Wildman–Crippen LogP) is -0.544. The summed E-state index contributed by atoms with van der Waals surface area (Å²) in [6.07, 6.45) is 0. The summed E-state index contributed by atoms with van der Waals surface area (Å²) in [5.41, 5.74) is 4.83. The van der Waals surface area contributed by atoms with Gasteiger partial charge >= 0.3 is 0 Å². The van der Waals surface area contributed by atoms with Crippen LogP contribution in [0.3, 0.4) is 0 Å². The van der Waals surface area contributed by atoms with Crippen molar-refractivity contribution in [3.63, 3.8) is 0 Å². The molecule has 0 radical (unpaired) electrons. The fraction of sp³-hybridized carbons (Fsp3) is 0.300. The molecule has 0 spiro atoms. The monoisotopic (exact) mass is 302 g/mol. The Morgan fingerprint density at radius 3 is 2.65 bits per heavy atom. The highest BCUT2D eigenvalue weighted by atomic mass is 32.2. The molecule has 9 nitrogen and oxygen atoms in total. The normalized spacial score (nSPS) is 11.1. The van der Waals surface area contributed by atoms with E-state index >= 15 is 0 Å². The minimum Gasteiger partial charge on any atom is -0.393 e. The maximum Gasteiger partial charge on any atom is 0.292 e. The average molecular weight is 302 g/mol. The van der Waals surface area contributed by atoms with Crippen molar-refractivity contribution in [2.75, 3.05) is 25.1 Å². The van der Waals surface area contributed by atoms with Gasteiger partial charge in [-0.2, -0.15) is 0 Å². The molecule has 10 heteroatoms. The molecule has 0 aromatic heterocycles. The lowest BCUT2D eigenvalue weighted by Crippen LogP contribution is -2.33. The largest absolute Gasteiger partial charge is 0.393 e. The molecule has 0 saturated heterocycles. The van der Waals surface area contributed by atoms with Crippen molar-refractivity contribution in [2.45, 2.75) is 0 Å². The second-order valence-electron chi connectivity index (χ2n) is 3.77. The van der Waals surface area contributed by atoms with E-state index in [4.69, 9.17) is 5.73 Å². The summed E-state index contributed by atoms with van der Waals surface area (Å²) >= 11 is 0. The lowest BCUT2D eigenvalue weighted by molar-refractivity contribution is -0.383. The van der Waals surface area contributed by atoms with E-state index in [0.29, 0.717) is 0 Å². The molecule has 110 valence electrons. The molecule has 0 fully saturated rings. The summed E-state index contributed by atoms with van der Waals surface area (Å²) in [4.78, 5) is 21.8. The van der Waals surface area contributed by atoms with Crippen LogP contribution in [0.2, 0.25) is 0 Å². The van der Waals surface area contributed by atoms with Crippen molar-refractivity contribution in [1.29, 1.82) is 0 Å². The lowest BCUT2D eigenvalue weighted by Gasteiger charge is -2.07. The number of rotatable bonds is 6. The minimum absolute atomic E-state index is 0.0685. The van der Waals surface area contributed by atoms with Gasteiger partial charge in [-0.05, 0) is 13.1 Å². The van der Waals surface area contributed by atoms with E-state index in [1.807, 2.05) is 0 Å². The summed E-state index contributed by atoms with van der Waals surface area (Å²) in [7, 11) is -2.17. The molecule has 0 unspecified atom stereocenters. The molecule has 1 amide bonds. The highest BCUT2D eigenvalue weighted by molar-refractivity contribution is 7.89. The van der Waals surface area contributed by atoms with Gasteiger partial charge in [0.15, 0.2) is 0 Å². The third kappa shape index (κ3) is 3.90. The Morgan fingerprint density at radius 2 is 2.10 bits per heavy atom. The number of nitrogens with one attached hydrogen (secondary N) is 2. The zero-order valence-electron chi connectivity index (χ0n) is 10.6. The molecule has 0 heterocycles. The zero-order chi connectivity index (χ0) is 15.3. The fourth-order valence-electron chi connectivity index (χ4n) is 1.41. The number of anilines is 1. The van der Waals surface area contributed by atoms with Gasteiger partial charge in [-0.3, -0.25) is 14.9 Å². The van der Waals surface area contributed by atoms with E-state index in [1.54, 1.807) is 0 Å².